The molecule has 1 aromatic carbocycles. The Morgan fingerprint density at radius 1 is 1.14 bits per heavy atom. The van der Waals surface area contributed by atoms with Gasteiger partial charge in [-0.25, -0.2) is 0 Å². The monoisotopic (exact) mass is 326 g/mol. The van der Waals surface area contributed by atoms with Gasteiger partial charge in [0.2, 0.25) is 5.91 Å². The van der Waals surface area contributed by atoms with E-state index in [0.717, 1.165) is 30.7 Å². The lowest BCUT2D eigenvalue weighted by molar-refractivity contribution is -0.138. The van der Waals surface area contributed by atoms with Crippen LogP contribution in [0.25, 0.3) is 0 Å². The Balaban J connectivity index is 1.76. The van der Waals surface area contributed by atoms with Crippen molar-refractivity contribution in [2.24, 2.45) is 11.8 Å². The van der Waals surface area contributed by atoms with E-state index in [1.165, 1.54) is 0 Å². The van der Waals surface area contributed by atoms with Crippen LogP contribution in [-0.4, -0.2) is 16.8 Å². The van der Waals surface area contributed by atoms with Crippen molar-refractivity contribution in [1.82, 2.24) is 5.01 Å². The molecular formula is C15H16Cl2N2O2. The Morgan fingerprint density at radius 2 is 1.86 bits per heavy atom. The third-order valence-electron chi connectivity index (χ3n) is 4.31. The molecule has 0 spiro atoms. The molecule has 1 saturated carbocycles. The highest BCUT2D eigenvalue weighted by Gasteiger charge is 2.43. The van der Waals surface area contributed by atoms with E-state index < -0.39 is 0 Å². The van der Waals surface area contributed by atoms with E-state index in [1.807, 2.05) is 0 Å². The summed E-state index contributed by atoms with van der Waals surface area (Å²) >= 11 is 11.9. The third-order valence-corrected chi connectivity index (χ3v) is 4.86. The molecule has 1 aromatic rings. The zero-order chi connectivity index (χ0) is 15.0. The molecule has 1 atom stereocenters. The maximum absolute atomic E-state index is 12.5. The molecule has 4 nitrogen and oxygen atoms in total. The Labute approximate surface area is 133 Å². The largest absolute Gasteiger partial charge is 0.287 e. The molecule has 0 aromatic heterocycles. The molecule has 112 valence electrons. The predicted octanol–water partition coefficient (Wildman–Crippen LogP) is 3.89. The van der Waals surface area contributed by atoms with Gasteiger partial charge in [0.15, 0.2) is 0 Å². The van der Waals surface area contributed by atoms with Gasteiger partial charge in [-0.3, -0.25) is 15.0 Å². The van der Waals surface area contributed by atoms with Gasteiger partial charge in [0.25, 0.3) is 5.91 Å². The van der Waals surface area contributed by atoms with Crippen molar-refractivity contribution in [3.8, 4) is 0 Å². The van der Waals surface area contributed by atoms with Crippen LogP contribution in [0.1, 0.15) is 32.1 Å². The van der Waals surface area contributed by atoms with Crippen LogP contribution >= 0.6 is 23.2 Å². The normalized spacial score (nSPS) is 23.1. The van der Waals surface area contributed by atoms with Crippen molar-refractivity contribution in [3.05, 3.63) is 28.2 Å². The van der Waals surface area contributed by atoms with E-state index in [-0.39, 0.29) is 17.7 Å². The van der Waals surface area contributed by atoms with Crippen LogP contribution in [-0.2, 0) is 9.59 Å². The molecule has 1 unspecified atom stereocenters. The van der Waals surface area contributed by atoms with Crippen LogP contribution < -0.4 is 5.43 Å². The molecular weight excluding hydrogens is 311 g/mol. The molecule has 21 heavy (non-hydrogen) atoms. The first-order valence-corrected chi connectivity index (χ1v) is 7.90. The lowest BCUT2D eigenvalue weighted by atomic mass is 9.90. The van der Waals surface area contributed by atoms with Crippen LogP contribution in [0.15, 0.2) is 18.2 Å². The number of nitrogens with zero attached hydrogens (tertiary/aromatic N) is 1. The average Bonchev–Trinajstić information content (AvgIpc) is 3.04. The Kier molecular flexibility index (Phi) is 4.09. The summed E-state index contributed by atoms with van der Waals surface area (Å²) in [4.78, 5) is 24.6. The lowest BCUT2D eigenvalue weighted by Gasteiger charge is -2.20. The van der Waals surface area contributed by atoms with E-state index in [4.69, 9.17) is 23.2 Å². The fourth-order valence-electron chi connectivity index (χ4n) is 3.20. The van der Waals surface area contributed by atoms with Crippen molar-refractivity contribution in [2.45, 2.75) is 32.1 Å². The Hall–Kier alpha value is -1.26. The minimum Gasteiger partial charge on any atom is -0.287 e. The molecule has 0 bridgehead atoms. The minimum absolute atomic E-state index is 0.141. The van der Waals surface area contributed by atoms with Gasteiger partial charge in [-0.15, -0.1) is 0 Å². The molecule has 0 radical (unpaired) electrons. The second-order valence-corrected chi connectivity index (χ2v) is 6.50. The molecule has 1 saturated heterocycles. The van der Waals surface area contributed by atoms with Crippen molar-refractivity contribution in [1.29, 1.82) is 0 Å². The summed E-state index contributed by atoms with van der Waals surface area (Å²) in [6.07, 6.45) is 4.68. The topological polar surface area (TPSA) is 49.4 Å². The molecule has 1 aliphatic carbocycles. The maximum atomic E-state index is 12.5. The molecule has 6 heteroatoms. The quantitative estimate of drug-likeness (QED) is 0.857. The number of hydrazine groups is 1. The number of carbonyl (C=O) groups is 2. The molecule has 1 aliphatic heterocycles. The zero-order valence-electron chi connectivity index (χ0n) is 11.4. The Morgan fingerprint density at radius 3 is 2.52 bits per heavy atom. The van der Waals surface area contributed by atoms with Crippen molar-refractivity contribution < 1.29 is 9.59 Å². The number of hydrogen-bond donors (Lipinski definition) is 1. The first-order valence-electron chi connectivity index (χ1n) is 7.15. The smallest absolute Gasteiger partial charge is 0.252 e. The number of hydrogen-bond acceptors (Lipinski definition) is 3. The maximum Gasteiger partial charge on any atom is 0.252 e. The summed E-state index contributed by atoms with van der Waals surface area (Å²) in [6.45, 7) is 0. The van der Waals surface area contributed by atoms with Crippen LogP contribution in [0.3, 0.4) is 0 Å². The number of halogens is 2. The molecule has 1 heterocycles. The van der Waals surface area contributed by atoms with Crippen LogP contribution in [0.5, 0.6) is 0 Å². The van der Waals surface area contributed by atoms with Gasteiger partial charge in [-0.1, -0.05) is 36.0 Å². The summed E-state index contributed by atoms with van der Waals surface area (Å²) in [5.41, 5.74) is 3.34. The summed E-state index contributed by atoms with van der Waals surface area (Å²) in [5.74, 6) is -0.173. The molecule has 2 aliphatic rings. The van der Waals surface area contributed by atoms with E-state index in [2.05, 4.69) is 5.43 Å². The number of benzene rings is 1. The first-order chi connectivity index (χ1) is 10.1. The third kappa shape index (κ3) is 2.87. The standard InChI is InChI=1S/C15H16Cl2N2O2/c16-10-5-6-13(12(17)7-10)18-19-14(20)8-11(15(19)21)9-3-1-2-4-9/h5-7,9,11,18H,1-4,8H2. The second kappa shape index (κ2) is 5.85. The van der Waals surface area contributed by atoms with Gasteiger partial charge < -0.3 is 0 Å². The number of anilines is 1. The summed E-state index contributed by atoms with van der Waals surface area (Å²) in [6, 6.07) is 4.90. The second-order valence-electron chi connectivity index (χ2n) is 5.66. The van der Waals surface area contributed by atoms with E-state index in [1.54, 1.807) is 18.2 Å². The minimum atomic E-state index is -0.192. The van der Waals surface area contributed by atoms with Gasteiger partial charge in [0, 0.05) is 11.4 Å². The van der Waals surface area contributed by atoms with Crippen molar-refractivity contribution >= 4 is 40.7 Å². The van der Waals surface area contributed by atoms with Crippen LogP contribution in [0, 0.1) is 11.8 Å². The fraction of sp³-hybridized carbons (Fsp3) is 0.467. The summed E-state index contributed by atoms with van der Waals surface area (Å²) in [5, 5.41) is 2.00. The average molecular weight is 327 g/mol. The SMILES string of the molecule is O=C1CC(C2CCCC2)C(=O)N1Nc1ccc(Cl)cc1Cl. The molecule has 2 amide bonds. The summed E-state index contributed by atoms with van der Waals surface area (Å²) < 4.78 is 0. The van der Waals surface area contributed by atoms with Gasteiger partial charge in [0.05, 0.1) is 16.6 Å². The molecule has 1 N–H and O–H groups in total. The number of carbonyl (C=O) groups excluding carboxylic acids is 2. The summed E-state index contributed by atoms with van der Waals surface area (Å²) in [7, 11) is 0. The van der Waals surface area contributed by atoms with Gasteiger partial charge in [-0.2, -0.15) is 5.01 Å². The number of nitrogens with one attached hydrogen (secondary N) is 1. The number of rotatable bonds is 3. The first kappa shape index (κ1) is 14.7. The van der Waals surface area contributed by atoms with Gasteiger partial charge >= 0.3 is 0 Å². The van der Waals surface area contributed by atoms with Crippen molar-refractivity contribution in [3.63, 3.8) is 0 Å². The highest BCUT2D eigenvalue weighted by molar-refractivity contribution is 6.36. The zero-order valence-corrected chi connectivity index (χ0v) is 13.0. The van der Waals surface area contributed by atoms with E-state index >= 15 is 0 Å². The predicted molar refractivity (Wildman–Crippen MR) is 82.0 cm³/mol. The van der Waals surface area contributed by atoms with E-state index in [0.29, 0.717) is 28.1 Å². The van der Waals surface area contributed by atoms with Gasteiger partial charge in [0.1, 0.15) is 0 Å². The van der Waals surface area contributed by atoms with Crippen LogP contribution in [0.4, 0.5) is 5.69 Å². The fourth-order valence-corrected chi connectivity index (χ4v) is 3.65. The molecule has 3 rings (SSSR count). The lowest BCUT2D eigenvalue weighted by Crippen LogP contribution is -2.37. The number of imide groups is 1. The van der Waals surface area contributed by atoms with E-state index in [9.17, 15) is 9.59 Å². The van der Waals surface area contributed by atoms with Crippen LogP contribution in [0.2, 0.25) is 10.0 Å². The molecule has 2 fully saturated rings. The van der Waals surface area contributed by atoms with Crippen molar-refractivity contribution in [2.75, 3.05) is 5.43 Å². The van der Waals surface area contributed by atoms with Gasteiger partial charge in [-0.05, 0) is 37.0 Å². The highest BCUT2D eigenvalue weighted by atomic mass is 35.5. The number of amides is 2. The highest BCUT2D eigenvalue weighted by Crippen LogP contribution is 2.38. The Bertz CT molecular complexity index is 585.